The van der Waals surface area contributed by atoms with Crippen molar-refractivity contribution in [1.29, 1.82) is 0 Å². The Labute approximate surface area is 114 Å². The highest BCUT2D eigenvalue weighted by Gasteiger charge is 2.18. The summed E-state index contributed by atoms with van der Waals surface area (Å²) in [7, 11) is 0. The van der Waals surface area contributed by atoms with Crippen LogP contribution in [-0.2, 0) is 0 Å². The van der Waals surface area contributed by atoms with E-state index in [-0.39, 0.29) is 11.5 Å². The van der Waals surface area contributed by atoms with Gasteiger partial charge in [-0.3, -0.25) is 10.1 Å². The van der Waals surface area contributed by atoms with Gasteiger partial charge < -0.3 is 4.74 Å². The Balaban J connectivity index is 2.43. The number of nitro groups is 1. The lowest BCUT2D eigenvalue weighted by Crippen LogP contribution is -1.95. The van der Waals surface area contributed by atoms with Crippen LogP contribution in [0.25, 0.3) is 0 Å². The highest BCUT2D eigenvalue weighted by Crippen LogP contribution is 2.35. The van der Waals surface area contributed by atoms with Gasteiger partial charge in [-0.15, -0.1) is 0 Å². The van der Waals surface area contributed by atoms with Gasteiger partial charge in [-0.05, 0) is 40.2 Å². The number of nitro benzene ring substituents is 1. The van der Waals surface area contributed by atoms with Crippen LogP contribution in [0, 0.1) is 21.7 Å². The van der Waals surface area contributed by atoms with Crippen LogP contribution in [0.5, 0.6) is 11.5 Å². The number of nitrogens with zero attached hydrogens (tertiary/aromatic N) is 1. The minimum absolute atomic E-state index is 0.0645. The predicted octanol–water partition coefficient (Wildman–Crippen LogP) is 4.43. The molecule has 0 heterocycles. The molecule has 0 bridgehead atoms. The Morgan fingerprint density at radius 2 is 1.68 bits per heavy atom. The van der Waals surface area contributed by atoms with E-state index in [1.165, 1.54) is 12.1 Å². The zero-order valence-electron chi connectivity index (χ0n) is 9.27. The lowest BCUT2D eigenvalue weighted by atomic mass is 10.3. The zero-order valence-corrected chi connectivity index (χ0v) is 10.9. The number of benzene rings is 2. The molecular weight excluding hydrogens is 324 g/mol. The molecule has 0 spiro atoms. The molecule has 2 rings (SSSR count). The molecule has 0 aliphatic rings. The van der Waals surface area contributed by atoms with E-state index < -0.39 is 22.2 Å². The van der Waals surface area contributed by atoms with E-state index in [1.54, 1.807) is 0 Å². The zero-order chi connectivity index (χ0) is 14.0. The molecule has 0 atom stereocenters. The van der Waals surface area contributed by atoms with E-state index in [4.69, 9.17) is 4.74 Å². The normalized spacial score (nSPS) is 10.3. The smallest absolute Gasteiger partial charge is 0.314 e. The minimum Gasteiger partial charge on any atom is -0.449 e. The van der Waals surface area contributed by atoms with Gasteiger partial charge in [0.2, 0.25) is 5.75 Å². The van der Waals surface area contributed by atoms with Crippen LogP contribution < -0.4 is 4.74 Å². The molecule has 0 aliphatic heterocycles. The van der Waals surface area contributed by atoms with Crippen molar-refractivity contribution in [2.75, 3.05) is 0 Å². The Hall–Kier alpha value is -2.02. The molecule has 2 aromatic rings. The molecule has 0 radical (unpaired) electrons. The van der Waals surface area contributed by atoms with Crippen molar-refractivity contribution in [3.8, 4) is 11.5 Å². The van der Waals surface area contributed by atoms with Gasteiger partial charge in [0.15, 0.2) is 0 Å². The highest BCUT2D eigenvalue weighted by atomic mass is 79.9. The fourth-order valence-corrected chi connectivity index (χ4v) is 1.72. The predicted molar refractivity (Wildman–Crippen MR) is 67.2 cm³/mol. The number of ether oxygens (including phenoxy) is 1. The van der Waals surface area contributed by atoms with Crippen LogP contribution in [-0.4, -0.2) is 4.92 Å². The molecule has 0 saturated carbocycles. The van der Waals surface area contributed by atoms with E-state index in [2.05, 4.69) is 15.9 Å². The fourth-order valence-electron chi connectivity index (χ4n) is 1.39. The largest absolute Gasteiger partial charge is 0.449 e. The summed E-state index contributed by atoms with van der Waals surface area (Å²) in [4.78, 5) is 10.0. The van der Waals surface area contributed by atoms with Crippen LogP contribution in [0.3, 0.4) is 0 Å². The van der Waals surface area contributed by atoms with Gasteiger partial charge in [0.05, 0.1) is 15.5 Å². The quantitative estimate of drug-likeness (QED) is 0.618. The summed E-state index contributed by atoms with van der Waals surface area (Å²) >= 11 is 3.13. The summed E-state index contributed by atoms with van der Waals surface area (Å²) in [6, 6.07) is 6.55. The molecule has 0 unspecified atom stereocenters. The van der Waals surface area contributed by atoms with Crippen LogP contribution >= 0.6 is 15.9 Å². The molecule has 19 heavy (non-hydrogen) atoms. The molecule has 0 N–H and O–H groups in total. The van der Waals surface area contributed by atoms with E-state index in [0.29, 0.717) is 4.47 Å². The molecular formula is C12H6BrF2NO3. The van der Waals surface area contributed by atoms with E-state index in [9.17, 15) is 18.9 Å². The third kappa shape index (κ3) is 3.05. The summed E-state index contributed by atoms with van der Waals surface area (Å²) in [5.74, 6) is -1.41. The number of hydrogen-bond acceptors (Lipinski definition) is 3. The topological polar surface area (TPSA) is 52.4 Å². The first-order chi connectivity index (χ1) is 8.97. The van der Waals surface area contributed by atoms with Crippen molar-refractivity contribution in [2.24, 2.45) is 0 Å². The van der Waals surface area contributed by atoms with Crippen molar-refractivity contribution < 1.29 is 18.4 Å². The SMILES string of the molecule is O=[N+]([O-])c1cc(F)ccc1Oc1cc(F)ccc1Br. The maximum atomic E-state index is 13.1. The molecule has 0 amide bonds. The van der Waals surface area contributed by atoms with Crippen LogP contribution in [0.1, 0.15) is 0 Å². The van der Waals surface area contributed by atoms with Crippen LogP contribution in [0.4, 0.5) is 14.5 Å². The first-order valence-corrected chi connectivity index (χ1v) is 5.83. The van der Waals surface area contributed by atoms with Crippen molar-refractivity contribution >= 4 is 21.6 Å². The lowest BCUT2D eigenvalue weighted by Gasteiger charge is -2.08. The van der Waals surface area contributed by atoms with E-state index >= 15 is 0 Å². The summed E-state index contributed by atoms with van der Waals surface area (Å²) in [6.07, 6.45) is 0. The van der Waals surface area contributed by atoms with Gasteiger partial charge >= 0.3 is 5.69 Å². The number of halogens is 3. The molecule has 2 aromatic carbocycles. The second kappa shape index (κ2) is 5.31. The summed E-state index contributed by atoms with van der Waals surface area (Å²) in [6.45, 7) is 0. The molecule has 7 heteroatoms. The summed E-state index contributed by atoms with van der Waals surface area (Å²) in [5.41, 5.74) is -0.531. The fraction of sp³-hybridized carbons (Fsp3) is 0. The molecule has 0 aromatic heterocycles. The van der Waals surface area contributed by atoms with E-state index in [1.807, 2.05) is 0 Å². The Bertz CT molecular complexity index is 649. The van der Waals surface area contributed by atoms with Crippen LogP contribution in [0.15, 0.2) is 40.9 Å². The van der Waals surface area contributed by atoms with Crippen molar-refractivity contribution in [3.05, 3.63) is 62.6 Å². The molecule has 98 valence electrons. The second-order valence-electron chi connectivity index (χ2n) is 3.55. The number of rotatable bonds is 3. The summed E-state index contributed by atoms with van der Waals surface area (Å²) in [5, 5.41) is 10.8. The Morgan fingerprint density at radius 1 is 1.05 bits per heavy atom. The Morgan fingerprint density at radius 3 is 2.37 bits per heavy atom. The van der Waals surface area contributed by atoms with Gasteiger partial charge in [0, 0.05) is 6.07 Å². The lowest BCUT2D eigenvalue weighted by molar-refractivity contribution is -0.385. The maximum absolute atomic E-state index is 13.1. The van der Waals surface area contributed by atoms with E-state index in [0.717, 1.165) is 24.3 Å². The third-order valence-electron chi connectivity index (χ3n) is 2.23. The summed E-state index contributed by atoms with van der Waals surface area (Å²) < 4.78 is 31.7. The van der Waals surface area contributed by atoms with Gasteiger partial charge in [-0.2, -0.15) is 0 Å². The monoisotopic (exact) mass is 329 g/mol. The van der Waals surface area contributed by atoms with Gasteiger partial charge in [0.1, 0.15) is 17.4 Å². The average Bonchev–Trinajstić information content (AvgIpc) is 2.35. The second-order valence-corrected chi connectivity index (χ2v) is 4.40. The average molecular weight is 330 g/mol. The highest BCUT2D eigenvalue weighted by molar-refractivity contribution is 9.10. The molecule has 0 saturated heterocycles. The van der Waals surface area contributed by atoms with Gasteiger partial charge in [-0.25, -0.2) is 8.78 Å². The first-order valence-electron chi connectivity index (χ1n) is 5.04. The standard InChI is InChI=1S/C12H6BrF2NO3/c13-9-3-1-8(15)6-12(9)19-11-4-2-7(14)5-10(11)16(17)18/h1-6H. The first kappa shape index (κ1) is 13.4. The minimum atomic E-state index is -0.772. The maximum Gasteiger partial charge on any atom is 0.314 e. The van der Waals surface area contributed by atoms with Gasteiger partial charge in [0.25, 0.3) is 0 Å². The molecule has 0 aliphatic carbocycles. The molecule has 0 fully saturated rings. The van der Waals surface area contributed by atoms with Crippen molar-refractivity contribution in [3.63, 3.8) is 0 Å². The third-order valence-corrected chi connectivity index (χ3v) is 2.89. The van der Waals surface area contributed by atoms with Crippen LogP contribution in [0.2, 0.25) is 0 Å². The molecule has 4 nitrogen and oxygen atoms in total. The van der Waals surface area contributed by atoms with Crippen molar-refractivity contribution in [1.82, 2.24) is 0 Å². The van der Waals surface area contributed by atoms with Crippen molar-refractivity contribution in [2.45, 2.75) is 0 Å². The van der Waals surface area contributed by atoms with Gasteiger partial charge in [-0.1, -0.05) is 0 Å². The Kier molecular flexibility index (Phi) is 3.75. The number of hydrogen-bond donors (Lipinski definition) is 0.